The maximum atomic E-state index is 5.95. The van der Waals surface area contributed by atoms with Crippen molar-refractivity contribution in [1.29, 1.82) is 0 Å². The third kappa shape index (κ3) is 8.90. The van der Waals surface area contributed by atoms with Crippen molar-refractivity contribution in [3.8, 4) is 0 Å². The van der Waals surface area contributed by atoms with E-state index in [0.717, 1.165) is 26.2 Å². The van der Waals surface area contributed by atoms with Crippen molar-refractivity contribution in [2.24, 2.45) is 5.73 Å². The van der Waals surface area contributed by atoms with Gasteiger partial charge in [0.2, 0.25) is 0 Å². The van der Waals surface area contributed by atoms with Crippen LogP contribution in [0.1, 0.15) is 40.5 Å². The van der Waals surface area contributed by atoms with Crippen LogP contribution in [0.3, 0.4) is 0 Å². The van der Waals surface area contributed by atoms with Gasteiger partial charge in [0.1, 0.15) is 0 Å². The highest BCUT2D eigenvalue weighted by atomic mass is 32.2. The van der Waals surface area contributed by atoms with E-state index in [0.29, 0.717) is 6.04 Å². The van der Waals surface area contributed by atoms with Gasteiger partial charge in [-0.2, -0.15) is 11.8 Å². The number of thioether (sulfide) groups is 1. The van der Waals surface area contributed by atoms with E-state index in [9.17, 15) is 0 Å². The molecule has 0 radical (unpaired) electrons. The molecule has 0 aromatic carbocycles. The van der Waals surface area contributed by atoms with Crippen LogP contribution in [0.25, 0.3) is 0 Å². The smallest absolute Gasteiger partial charge is 0.0226 e. The number of nitrogens with zero attached hydrogens (tertiary/aromatic N) is 2. The monoisotopic (exact) mass is 289 g/mol. The predicted molar refractivity (Wildman–Crippen MR) is 90.1 cm³/mol. The second kappa shape index (κ2) is 13.2. The lowest BCUT2D eigenvalue weighted by Crippen LogP contribution is -2.42. The van der Waals surface area contributed by atoms with Crippen LogP contribution in [0, 0.1) is 0 Å². The van der Waals surface area contributed by atoms with Crippen molar-refractivity contribution >= 4 is 11.8 Å². The van der Waals surface area contributed by atoms with Crippen LogP contribution in [0.4, 0.5) is 0 Å². The van der Waals surface area contributed by atoms with Crippen molar-refractivity contribution in [2.45, 2.75) is 46.6 Å². The number of hydrogen-bond donors (Lipinski definition) is 1. The van der Waals surface area contributed by atoms with Gasteiger partial charge in [0.15, 0.2) is 0 Å². The molecule has 0 fully saturated rings. The third-order valence-electron chi connectivity index (χ3n) is 3.81. The van der Waals surface area contributed by atoms with Crippen LogP contribution >= 0.6 is 11.8 Å². The maximum Gasteiger partial charge on any atom is 0.0226 e. The fourth-order valence-corrected chi connectivity index (χ4v) is 3.18. The molecule has 2 N–H and O–H groups in total. The third-order valence-corrected chi connectivity index (χ3v) is 4.74. The molecule has 3 nitrogen and oxygen atoms in total. The Morgan fingerprint density at radius 3 is 2.16 bits per heavy atom. The minimum atomic E-state index is 0.570. The molecule has 4 heteroatoms. The number of likely N-dealkylation sites (N-methyl/N-ethyl adjacent to an activating group) is 1. The van der Waals surface area contributed by atoms with Gasteiger partial charge in [-0.3, -0.25) is 4.90 Å². The molecule has 0 aliphatic heterocycles. The Bertz CT molecular complexity index is 186. The van der Waals surface area contributed by atoms with Crippen molar-refractivity contribution in [3.05, 3.63) is 0 Å². The summed E-state index contributed by atoms with van der Waals surface area (Å²) >= 11 is 2.03. The summed E-state index contributed by atoms with van der Waals surface area (Å²) in [5, 5.41) is 0. The van der Waals surface area contributed by atoms with Crippen LogP contribution in [-0.4, -0.2) is 66.6 Å². The second-order valence-electron chi connectivity index (χ2n) is 4.88. The molecule has 0 aliphatic carbocycles. The van der Waals surface area contributed by atoms with Crippen LogP contribution in [0.5, 0.6) is 0 Å². The van der Waals surface area contributed by atoms with Gasteiger partial charge in [-0.25, -0.2) is 0 Å². The SMILES string of the molecule is CCSCCC(CN)N(CC)CCCN(CC)CC. The van der Waals surface area contributed by atoms with E-state index in [1.807, 2.05) is 11.8 Å². The summed E-state index contributed by atoms with van der Waals surface area (Å²) in [6.07, 6.45) is 2.49. The zero-order valence-electron chi connectivity index (χ0n) is 13.5. The van der Waals surface area contributed by atoms with Crippen LogP contribution in [0.15, 0.2) is 0 Å². The Balaban J connectivity index is 4.00. The van der Waals surface area contributed by atoms with Gasteiger partial charge in [0.25, 0.3) is 0 Å². The highest BCUT2D eigenvalue weighted by molar-refractivity contribution is 7.99. The standard InChI is InChI=1S/C15H35N3S/c1-5-17(6-2)11-9-12-18(7-3)15(14-16)10-13-19-8-4/h15H,5-14,16H2,1-4H3. The Labute approximate surface area is 125 Å². The maximum absolute atomic E-state index is 5.95. The summed E-state index contributed by atoms with van der Waals surface area (Å²) < 4.78 is 0. The minimum absolute atomic E-state index is 0.570. The van der Waals surface area contributed by atoms with Crippen molar-refractivity contribution in [2.75, 3.05) is 50.8 Å². The molecule has 0 saturated heterocycles. The van der Waals surface area contributed by atoms with E-state index in [2.05, 4.69) is 37.5 Å². The van der Waals surface area contributed by atoms with E-state index in [4.69, 9.17) is 5.73 Å². The summed E-state index contributed by atoms with van der Waals surface area (Å²) in [5.74, 6) is 2.45. The van der Waals surface area contributed by atoms with E-state index < -0.39 is 0 Å². The van der Waals surface area contributed by atoms with Crippen molar-refractivity contribution in [1.82, 2.24) is 9.80 Å². The average molecular weight is 290 g/mol. The molecule has 1 unspecified atom stereocenters. The molecule has 1 atom stereocenters. The van der Waals surface area contributed by atoms with Crippen LogP contribution < -0.4 is 5.73 Å². The summed E-state index contributed by atoms with van der Waals surface area (Å²) in [5.41, 5.74) is 5.95. The van der Waals surface area contributed by atoms with Gasteiger partial charge in [0.05, 0.1) is 0 Å². The van der Waals surface area contributed by atoms with Crippen molar-refractivity contribution in [3.63, 3.8) is 0 Å². The van der Waals surface area contributed by atoms with Gasteiger partial charge in [0, 0.05) is 12.6 Å². The van der Waals surface area contributed by atoms with E-state index in [-0.39, 0.29) is 0 Å². The predicted octanol–water partition coefficient (Wildman–Crippen LogP) is 2.51. The van der Waals surface area contributed by atoms with Gasteiger partial charge < -0.3 is 10.6 Å². The fraction of sp³-hybridized carbons (Fsp3) is 1.00. The molecule has 0 spiro atoms. The Hall–Kier alpha value is 0.230. The topological polar surface area (TPSA) is 32.5 Å². The normalized spacial score (nSPS) is 13.4. The second-order valence-corrected chi connectivity index (χ2v) is 6.28. The Morgan fingerprint density at radius 1 is 1.00 bits per heavy atom. The molecule has 19 heavy (non-hydrogen) atoms. The van der Waals surface area contributed by atoms with Gasteiger partial charge in [-0.15, -0.1) is 0 Å². The summed E-state index contributed by atoms with van der Waals surface area (Å²) in [6.45, 7) is 15.6. The van der Waals surface area contributed by atoms with E-state index in [1.54, 1.807) is 0 Å². The first-order valence-corrected chi connectivity index (χ1v) is 9.12. The van der Waals surface area contributed by atoms with Crippen LogP contribution in [-0.2, 0) is 0 Å². The molecule has 0 rings (SSSR count). The Morgan fingerprint density at radius 2 is 1.68 bits per heavy atom. The zero-order valence-corrected chi connectivity index (χ0v) is 14.3. The lowest BCUT2D eigenvalue weighted by Gasteiger charge is -2.30. The van der Waals surface area contributed by atoms with Gasteiger partial charge in [-0.05, 0) is 57.1 Å². The molecular weight excluding hydrogens is 254 g/mol. The molecular formula is C15H35N3S. The summed E-state index contributed by atoms with van der Waals surface area (Å²) in [7, 11) is 0. The number of rotatable bonds is 13. The summed E-state index contributed by atoms with van der Waals surface area (Å²) in [6, 6.07) is 0.570. The molecule has 0 bridgehead atoms. The van der Waals surface area contributed by atoms with E-state index in [1.165, 1.54) is 37.4 Å². The van der Waals surface area contributed by atoms with Gasteiger partial charge >= 0.3 is 0 Å². The minimum Gasteiger partial charge on any atom is -0.329 e. The molecule has 116 valence electrons. The zero-order chi connectivity index (χ0) is 14.5. The molecule has 0 aliphatic rings. The molecule has 0 saturated carbocycles. The molecule has 0 amide bonds. The first-order chi connectivity index (χ1) is 9.23. The highest BCUT2D eigenvalue weighted by Gasteiger charge is 2.15. The molecule has 0 aromatic rings. The van der Waals surface area contributed by atoms with Gasteiger partial charge in [-0.1, -0.05) is 27.7 Å². The highest BCUT2D eigenvalue weighted by Crippen LogP contribution is 2.10. The van der Waals surface area contributed by atoms with Crippen molar-refractivity contribution < 1.29 is 0 Å². The number of hydrogen-bond acceptors (Lipinski definition) is 4. The van der Waals surface area contributed by atoms with E-state index >= 15 is 0 Å². The fourth-order valence-electron chi connectivity index (χ4n) is 2.45. The Kier molecular flexibility index (Phi) is 13.4. The lowest BCUT2D eigenvalue weighted by molar-refractivity contribution is 0.189. The van der Waals surface area contributed by atoms with Crippen LogP contribution in [0.2, 0.25) is 0 Å². The molecule has 0 heterocycles. The molecule has 0 aromatic heterocycles. The first kappa shape index (κ1) is 19.2. The summed E-state index contributed by atoms with van der Waals surface area (Å²) in [4.78, 5) is 5.07. The average Bonchev–Trinajstić information content (AvgIpc) is 2.45. The quantitative estimate of drug-likeness (QED) is 0.528. The largest absolute Gasteiger partial charge is 0.329 e. The first-order valence-electron chi connectivity index (χ1n) is 7.97. The number of nitrogens with two attached hydrogens (primary N) is 1. The lowest BCUT2D eigenvalue weighted by atomic mass is 10.2.